The van der Waals surface area contributed by atoms with Gasteiger partial charge in [-0.05, 0) is 12.0 Å². The molecule has 0 aliphatic heterocycles. The molecule has 0 aliphatic carbocycles. The summed E-state index contributed by atoms with van der Waals surface area (Å²) in [4.78, 5) is 21.6. The second kappa shape index (κ2) is 5.80. The average Bonchev–Trinajstić information content (AvgIpc) is 2.26. The number of amides is 1. The van der Waals surface area contributed by atoms with Crippen molar-refractivity contribution in [2.75, 3.05) is 6.54 Å². The van der Waals surface area contributed by atoms with Gasteiger partial charge in [0.2, 0.25) is 5.91 Å². The minimum Gasteiger partial charge on any atom is -0.480 e. The monoisotopic (exact) mass is 208 g/mol. The second-order valence-corrected chi connectivity index (χ2v) is 3.09. The lowest BCUT2D eigenvalue weighted by atomic mass is 10.1. The van der Waals surface area contributed by atoms with Gasteiger partial charge in [-0.2, -0.15) is 0 Å². The maximum absolute atomic E-state index is 11.3. The summed E-state index contributed by atoms with van der Waals surface area (Å²) in [6.07, 6.45) is 0.676. The fourth-order valence-corrected chi connectivity index (χ4v) is 1.13. The van der Waals surface area contributed by atoms with E-state index >= 15 is 0 Å². The van der Waals surface area contributed by atoms with Crippen LogP contribution in [0.5, 0.6) is 0 Å². The first-order chi connectivity index (χ1) is 7.59. The van der Waals surface area contributed by atoms with Crippen LogP contribution in [0.15, 0.2) is 30.3 Å². The number of benzene rings is 1. The van der Waals surface area contributed by atoms with Crippen LogP contribution in [0.2, 0.25) is 1.41 Å². The van der Waals surface area contributed by atoms with Gasteiger partial charge in [-0.25, -0.2) is 0 Å². The van der Waals surface area contributed by atoms with Gasteiger partial charge in [0.25, 0.3) is 0 Å². The summed E-state index contributed by atoms with van der Waals surface area (Å²) in [6, 6.07) is 9.40. The number of hydrogen-bond acceptors (Lipinski definition) is 2. The van der Waals surface area contributed by atoms with Gasteiger partial charge in [0, 0.05) is 6.42 Å². The van der Waals surface area contributed by atoms with Crippen LogP contribution in [0, 0.1) is 0 Å². The van der Waals surface area contributed by atoms with E-state index in [1.165, 1.54) is 0 Å². The van der Waals surface area contributed by atoms with Crippen molar-refractivity contribution in [3.05, 3.63) is 35.9 Å². The molecular weight excluding hydrogens is 194 g/mol. The molecule has 2 N–H and O–H groups in total. The van der Waals surface area contributed by atoms with Crippen LogP contribution in [0.1, 0.15) is 12.0 Å². The Bertz CT molecular complexity index is 367. The topological polar surface area (TPSA) is 66.4 Å². The third kappa shape index (κ3) is 4.81. The zero-order chi connectivity index (χ0) is 12.0. The summed E-state index contributed by atoms with van der Waals surface area (Å²) in [5.74, 6) is -1.66. The molecule has 0 heterocycles. The Balaban J connectivity index is 2.38. The van der Waals surface area contributed by atoms with Crippen LogP contribution in [0.3, 0.4) is 0 Å². The highest BCUT2D eigenvalue weighted by molar-refractivity contribution is 5.81. The molecule has 4 heteroatoms. The lowest BCUT2D eigenvalue weighted by Gasteiger charge is -2.02. The summed E-state index contributed by atoms with van der Waals surface area (Å²) < 4.78 is 7.18. The first-order valence-corrected chi connectivity index (χ1v) is 4.64. The van der Waals surface area contributed by atoms with E-state index in [-0.39, 0.29) is 6.42 Å². The Morgan fingerprint density at radius 1 is 1.33 bits per heavy atom. The van der Waals surface area contributed by atoms with Crippen molar-refractivity contribution in [2.24, 2.45) is 0 Å². The van der Waals surface area contributed by atoms with Crippen molar-refractivity contribution in [1.29, 1.82) is 0 Å². The maximum Gasteiger partial charge on any atom is 0.322 e. The van der Waals surface area contributed by atoms with Gasteiger partial charge in [-0.3, -0.25) is 9.59 Å². The van der Waals surface area contributed by atoms with Crippen molar-refractivity contribution in [3.63, 3.8) is 0 Å². The maximum atomic E-state index is 11.3. The van der Waals surface area contributed by atoms with Crippen molar-refractivity contribution < 1.29 is 16.1 Å². The summed E-state index contributed by atoms with van der Waals surface area (Å²) in [7, 11) is 0. The predicted octanol–water partition coefficient (Wildman–Crippen LogP) is 0.820. The summed E-state index contributed by atoms with van der Waals surface area (Å²) >= 11 is 0. The van der Waals surface area contributed by atoms with E-state index in [4.69, 9.17) is 6.52 Å². The smallest absolute Gasteiger partial charge is 0.322 e. The van der Waals surface area contributed by atoms with E-state index in [0.29, 0.717) is 11.7 Å². The van der Waals surface area contributed by atoms with Crippen LogP contribution in [0.4, 0.5) is 0 Å². The lowest BCUT2D eigenvalue weighted by Crippen LogP contribution is -2.29. The molecule has 80 valence electrons. The number of carboxylic acids is 1. The predicted molar refractivity (Wildman–Crippen MR) is 55.4 cm³/mol. The Morgan fingerprint density at radius 3 is 2.60 bits per heavy atom. The number of carbonyl (C=O) groups is 2. The van der Waals surface area contributed by atoms with Crippen LogP contribution in [0.25, 0.3) is 0 Å². The largest absolute Gasteiger partial charge is 0.480 e. The van der Waals surface area contributed by atoms with Crippen molar-refractivity contribution in [3.8, 4) is 0 Å². The molecule has 1 rings (SSSR count). The fourth-order valence-electron chi connectivity index (χ4n) is 1.13. The molecule has 0 saturated carbocycles. The molecule has 0 spiro atoms. The Kier molecular flexibility index (Phi) is 3.75. The van der Waals surface area contributed by atoms with E-state index in [1.807, 2.05) is 30.3 Å². The molecule has 4 nitrogen and oxygen atoms in total. The van der Waals surface area contributed by atoms with Crippen LogP contribution in [-0.2, 0) is 16.0 Å². The standard InChI is InChI=1S/C11H13NO3/c13-10(12-8-11(14)15)7-6-9-4-2-1-3-5-9/h1-5H,6-8H2,(H,12,13)(H,14,15)/i/hD. The van der Waals surface area contributed by atoms with Crippen LogP contribution >= 0.6 is 0 Å². The molecule has 0 bridgehead atoms. The van der Waals surface area contributed by atoms with Gasteiger partial charge in [0.05, 0.1) is 0 Å². The molecule has 0 atom stereocenters. The third-order valence-electron chi connectivity index (χ3n) is 1.86. The first-order valence-electron chi connectivity index (χ1n) is 5.09. The SMILES string of the molecule is [2H]N(CC(=O)O)C(=O)CCc1ccccc1. The quantitative estimate of drug-likeness (QED) is 0.752. The number of carboxylic acid groups (broad SMARTS) is 1. The zero-order valence-electron chi connectivity index (χ0n) is 9.22. The van der Waals surface area contributed by atoms with Crippen molar-refractivity contribution in [2.45, 2.75) is 12.8 Å². The number of rotatable bonds is 5. The molecule has 1 amide bonds. The fraction of sp³-hybridized carbons (Fsp3) is 0.273. The lowest BCUT2D eigenvalue weighted by molar-refractivity contribution is -0.137. The van der Waals surface area contributed by atoms with E-state index < -0.39 is 18.4 Å². The summed E-state index contributed by atoms with van der Waals surface area (Å²) in [6.45, 7) is -0.576. The minimum absolute atomic E-state index is 0.154. The Morgan fingerprint density at radius 2 is 2.00 bits per heavy atom. The highest BCUT2D eigenvalue weighted by Gasteiger charge is 2.03. The Labute approximate surface area is 89.4 Å². The van der Waals surface area contributed by atoms with Gasteiger partial charge < -0.3 is 10.4 Å². The molecule has 1 aromatic rings. The first kappa shape index (κ1) is 9.71. The van der Waals surface area contributed by atoms with Gasteiger partial charge >= 0.3 is 5.97 Å². The zero-order valence-corrected chi connectivity index (χ0v) is 8.22. The highest BCUT2D eigenvalue weighted by Crippen LogP contribution is 2.01. The van der Waals surface area contributed by atoms with Crippen LogP contribution in [-0.4, -0.2) is 23.5 Å². The molecule has 0 fully saturated rings. The third-order valence-corrected chi connectivity index (χ3v) is 1.86. The number of aliphatic carboxylic acids is 1. The number of hydrogen-bond donors (Lipinski definition) is 2. The number of carbonyl (C=O) groups excluding carboxylic acids is 1. The average molecular weight is 208 g/mol. The van der Waals surface area contributed by atoms with Gasteiger partial charge in [0.1, 0.15) is 6.54 Å². The molecule has 15 heavy (non-hydrogen) atoms. The molecule has 1 aromatic carbocycles. The molecule has 0 aliphatic rings. The van der Waals surface area contributed by atoms with E-state index in [2.05, 4.69) is 0 Å². The number of nitrogens with one attached hydrogen (secondary N) is 1. The van der Waals surface area contributed by atoms with Gasteiger partial charge in [0.15, 0.2) is 1.41 Å². The summed E-state index contributed by atoms with van der Waals surface area (Å²) in [5, 5.41) is 8.88. The van der Waals surface area contributed by atoms with Crippen molar-refractivity contribution >= 4 is 11.9 Å². The van der Waals surface area contributed by atoms with Gasteiger partial charge in [-0.15, -0.1) is 0 Å². The normalized spacial score (nSPS) is 10.5. The van der Waals surface area contributed by atoms with E-state index in [9.17, 15) is 9.59 Å². The van der Waals surface area contributed by atoms with Crippen molar-refractivity contribution in [1.82, 2.24) is 5.31 Å². The number of aryl methyl sites for hydroxylation is 1. The molecule has 0 aromatic heterocycles. The van der Waals surface area contributed by atoms with E-state index in [1.54, 1.807) is 0 Å². The van der Waals surface area contributed by atoms with Gasteiger partial charge in [-0.1, -0.05) is 30.3 Å². The molecule has 0 saturated heterocycles. The molecule has 0 unspecified atom stereocenters. The van der Waals surface area contributed by atoms with Crippen LogP contribution < -0.4 is 5.31 Å². The molecule has 0 radical (unpaired) electrons. The van der Waals surface area contributed by atoms with E-state index in [0.717, 1.165) is 5.56 Å². The molecular formula is C11H13NO3. The highest BCUT2D eigenvalue weighted by atomic mass is 16.4. The Hall–Kier alpha value is -1.84. The summed E-state index contributed by atoms with van der Waals surface area (Å²) in [5.41, 5.74) is 1.000. The minimum atomic E-state index is -1.18. The second-order valence-electron chi connectivity index (χ2n) is 3.09.